The first kappa shape index (κ1) is 23.0. The Hall–Kier alpha value is -2.16. The van der Waals surface area contributed by atoms with Gasteiger partial charge in [-0.25, -0.2) is 9.97 Å². The highest BCUT2D eigenvalue weighted by Gasteiger charge is 2.33. The van der Waals surface area contributed by atoms with Crippen LogP contribution in [0.15, 0.2) is 35.5 Å². The Morgan fingerprint density at radius 1 is 1.34 bits per heavy atom. The van der Waals surface area contributed by atoms with E-state index in [1.54, 1.807) is 11.3 Å². The lowest BCUT2D eigenvalue weighted by atomic mass is 9.90. The van der Waals surface area contributed by atoms with E-state index in [9.17, 15) is 4.79 Å². The summed E-state index contributed by atoms with van der Waals surface area (Å²) in [5.41, 5.74) is 8.67. The smallest absolute Gasteiger partial charge is 0.230 e. The van der Waals surface area contributed by atoms with Crippen LogP contribution in [0.25, 0.3) is 10.2 Å². The van der Waals surface area contributed by atoms with Crippen LogP contribution in [-0.2, 0) is 29.0 Å². The summed E-state index contributed by atoms with van der Waals surface area (Å²) in [5.74, 6) is 0.741. The van der Waals surface area contributed by atoms with Crippen molar-refractivity contribution < 1.29 is 9.53 Å². The Bertz CT molecular complexity index is 1100. The second kappa shape index (κ2) is 9.77. The lowest BCUT2D eigenvalue weighted by molar-refractivity contribution is -0.119. The summed E-state index contributed by atoms with van der Waals surface area (Å²) in [6, 6.07) is 10.4. The molecule has 1 amide bonds. The lowest BCUT2D eigenvalue weighted by Crippen LogP contribution is -2.34. The predicted molar refractivity (Wildman–Crippen MR) is 132 cm³/mol. The van der Waals surface area contributed by atoms with Gasteiger partial charge in [-0.3, -0.25) is 4.79 Å². The van der Waals surface area contributed by atoms with Crippen LogP contribution in [0.4, 0.5) is 5.82 Å². The highest BCUT2D eigenvalue weighted by atomic mass is 32.2. The number of hydrogen-bond donors (Lipinski definition) is 2. The molecule has 2 atom stereocenters. The standard InChI is InChI=1S/C24H30N4O2S2/c1-4-24(3)12-17-18(13-30-24)32-22-20(17)21(25)27-23(28-22)31-14-19(29)26-15(2)10-11-16-8-6-5-7-9-16/h5-9,15H,4,10-14H2,1-3H3,(H,26,29)(H2,25,27,28)/t15-,24+/m0/s1. The molecule has 1 aliphatic heterocycles. The minimum Gasteiger partial charge on any atom is -0.383 e. The number of nitrogens with one attached hydrogen (secondary N) is 1. The zero-order valence-corrected chi connectivity index (χ0v) is 20.4. The number of aromatic nitrogens is 2. The van der Waals surface area contributed by atoms with E-state index in [2.05, 4.69) is 36.3 Å². The van der Waals surface area contributed by atoms with Gasteiger partial charge in [-0.15, -0.1) is 11.3 Å². The Morgan fingerprint density at radius 2 is 2.12 bits per heavy atom. The predicted octanol–water partition coefficient (Wildman–Crippen LogP) is 4.74. The molecule has 32 heavy (non-hydrogen) atoms. The molecule has 0 radical (unpaired) electrons. The molecule has 1 aromatic carbocycles. The minimum atomic E-state index is -0.170. The molecule has 0 unspecified atom stereocenters. The number of amides is 1. The summed E-state index contributed by atoms with van der Waals surface area (Å²) in [5, 5.41) is 4.56. The first-order valence-electron chi connectivity index (χ1n) is 11.0. The number of nitrogens with zero attached hydrogens (tertiary/aromatic N) is 2. The number of rotatable bonds is 8. The maximum atomic E-state index is 12.4. The molecule has 3 aromatic rings. The Kier molecular flexibility index (Phi) is 7.02. The number of carbonyl (C=O) groups is 1. The van der Waals surface area contributed by atoms with Crippen LogP contribution < -0.4 is 11.1 Å². The second-order valence-corrected chi connectivity index (χ2v) is 10.7. The molecule has 0 saturated carbocycles. The van der Waals surface area contributed by atoms with Gasteiger partial charge in [0.1, 0.15) is 10.6 Å². The average molecular weight is 471 g/mol. The van der Waals surface area contributed by atoms with Crippen molar-refractivity contribution in [1.82, 2.24) is 15.3 Å². The monoisotopic (exact) mass is 470 g/mol. The number of anilines is 1. The molecule has 4 rings (SSSR count). The van der Waals surface area contributed by atoms with Crippen LogP contribution in [0.1, 0.15) is 49.6 Å². The average Bonchev–Trinajstić information content (AvgIpc) is 3.14. The molecular weight excluding hydrogens is 440 g/mol. The van der Waals surface area contributed by atoms with Crippen molar-refractivity contribution in [3.63, 3.8) is 0 Å². The van der Waals surface area contributed by atoms with Gasteiger partial charge in [-0.05, 0) is 44.2 Å². The fraction of sp³-hybridized carbons (Fsp3) is 0.458. The third kappa shape index (κ3) is 5.24. The SMILES string of the molecule is CC[C@]1(C)Cc2c(sc3nc(SCC(=O)N[C@@H](C)CCc4ccccc4)nc(N)c23)CO1. The number of thioether (sulfide) groups is 1. The third-order valence-corrected chi connectivity index (χ3v) is 7.99. The van der Waals surface area contributed by atoms with Gasteiger partial charge >= 0.3 is 0 Å². The van der Waals surface area contributed by atoms with Crippen molar-refractivity contribution in [2.24, 2.45) is 0 Å². The van der Waals surface area contributed by atoms with Crippen molar-refractivity contribution in [3.8, 4) is 0 Å². The number of thiophene rings is 1. The quantitative estimate of drug-likeness (QED) is 0.365. The van der Waals surface area contributed by atoms with E-state index in [1.807, 2.05) is 25.1 Å². The summed E-state index contributed by atoms with van der Waals surface area (Å²) in [6.45, 7) is 6.90. The molecule has 0 saturated heterocycles. The van der Waals surface area contributed by atoms with E-state index in [0.29, 0.717) is 17.6 Å². The van der Waals surface area contributed by atoms with Crippen LogP contribution in [-0.4, -0.2) is 33.3 Å². The van der Waals surface area contributed by atoms with Crippen LogP contribution in [0.3, 0.4) is 0 Å². The van der Waals surface area contributed by atoms with Crippen LogP contribution >= 0.6 is 23.1 Å². The number of nitrogens with two attached hydrogens (primary N) is 1. The number of hydrogen-bond acceptors (Lipinski definition) is 7. The van der Waals surface area contributed by atoms with Gasteiger partial charge in [0.15, 0.2) is 5.16 Å². The third-order valence-electron chi connectivity index (χ3n) is 6.04. The van der Waals surface area contributed by atoms with E-state index < -0.39 is 0 Å². The van der Waals surface area contributed by atoms with Crippen molar-refractivity contribution >= 4 is 45.0 Å². The summed E-state index contributed by atoms with van der Waals surface area (Å²) < 4.78 is 6.07. The van der Waals surface area contributed by atoms with E-state index in [0.717, 1.165) is 35.9 Å². The van der Waals surface area contributed by atoms with Crippen molar-refractivity contribution in [2.75, 3.05) is 11.5 Å². The zero-order valence-electron chi connectivity index (χ0n) is 18.8. The molecule has 0 bridgehead atoms. The van der Waals surface area contributed by atoms with Gasteiger partial charge < -0.3 is 15.8 Å². The molecule has 1 aliphatic rings. The fourth-order valence-corrected chi connectivity index (χ4v) is 5.75. The van der Waals surface area contributed by atoms with E-state index in [4.69, 9.17) is 15.5 Å². The van der Waals surface area contributed by atoms with Crippen molar-refractivity contribution in [2.45, 2.75) is 69.9 Å². The molecule has 3 N–H and O–H groups in total. The van der Waals surface area contributed by atoms with Gasteiger partial charge in [-0.2, -0.15) is 0 Å². The zero-order chi connectivity index (χ0) is 22.7. The van der Waals surface area contributed by atoms with Gasteiger partial charge in [0.05, 0.1) is 23.3 Å². The first-order chi connectivity index (χ1) is 15.4. The molecule has 170 valence electrons. The van der Waals surface area contributed by atoms with Crippen molar-refractivity contribution in [1.29, 1.82) is 0 Å². The van der Waals surface area contributed by atoms with Crippen LogP contribution in [0, 0.1) is 0 Å². The summed E-state index contributed by atoms with van der Waals surface area (Å²) in [7, 11) is 0. The number of benzene rings is 1. The minimum absolute atomic E-state index is 0.0181. The van der Waals surface area contributed by atoms with Crippen LogP contribution in [0.2, 0.25) is 0 Å². The highest BCUT2D eigenvalue weighted by molar-refractivity contribution is 7.99. The van der Waals surface area contributed by atoms with Gasteiger partial charge in [0.2, 0.25) is 5.91 Å². The van der Waals surface area contributed by atoms with E-state index in [-0.39, 0.29) is 23.3 Å². The Labute approximate surface area is 197 Å². The van der Waals surface area contributed by atoms with Gasteiger partial charge in [0.25, 0.3) is 0 Å². The number of nitrogen functional groups attached to an aromatic ring is 1. The summed E-state index contributed by atoms with van der Waals surface area (Å²) in [4.78, 5) is 23.7. The number of fused-ring (bicyclic) bond motifs is 3. The van der Waals surface area contributed by atoms with Gasteiger partial charge in [-0.1, -0.05) is 49.0 Å². The molecule has 8 heteroatoms. The van der Waals surface area contributed by atoms with Gasteiger partial charge in [0, 0.05) is 17.3 Å². The normalized spacial score (nSPS) is 19.0. The number of aryl methyl sites for hydroxylation is 1. The van der Waals surface area contributed by atoms with E-state index >= 15 is 0 Å². The maximum absolute atomic E-state index is 12.4. The molecular formula is C24H30N4O2S2. The first-order valence-corrected chi connectivity index (χ1v) is 12.8. The van der Waals surface area contributed by atoms with Crippen LogP contribution in [0.5, 0.6) is 0 Å². The summed E-state index contributed by atoms with van der Waals surface area (Å²) >= 11 is 2.94. The van der Waals surface area contributed by atoms with Crippen molar-refractivity contribution in [3.05, 3.63) is 46.3 Å². The topological polar surface area (TPSA) is 90.1 Å². The molecule has 0 spiro atoms. The second-order valence-electron chi connectivity index (χ2n) is 8.63. The van der Waals surface area contributed by atoms with E-state index in [1.165, 1.54) is 27.8 Å². The molecule has 6 nitrogen and oxygen atoms in total. The molecule has 0 aliphatic carbocycles. The molecule has 2 aromatic heterocycles. The number of ether oxygens (including phenoxy) is 1. The number of carbonyl (C=O) groups excluding carboxylic acids is 1. The summed E-state index contributed by atoms with van der Waals surface area (Å²) in [6.07, 6.45) is 3.60. The molecule has 0 fully saturated rings. The lowest BCUT2D eigenvalue weighted by Gasteiger charge is -2.33. The largest absolute Gasteiger partial charge is 0.383 e. The Morgan fingerprint density at radius 3 is 2.88 bits per heavy atom. The maximum Gasteiger partial charge on any atom is 0.230 e. The Balaban J connectivity index is 1.36. The highest BCUT2D eigenvalue weighted by Crippen LogP contribution is 2.41. The molecule has 3 heterocycles. The fourth-order valence-electron chi connectivity index (χ4n) is 3.92.